The Morgan fingerprint density at radius 3 is 2.39 bits per heavy atom. The summed E-state index contributed by atoms with van der Waals surface area (Å²) in [4.78, 5) is 30.4. The molecule has 0 saturated carbocycles. The number of carbonyl (C=O) groups is 2. The van der Waals surface area contributed by atoms with Gasteiger partial charge in [-0.05, 0) is 73.5 Å². The van der Waals surface area contributed by atoms with Crippen molar-refractivity contribution in [2.24, 2.45) is 0 Å². The van der Waals surface area contributed by atoms with E-state index in [1.54, 1.807) is 65.4 Å². The molecule has 6 heteroatoms. The molecule has 3 aromatic carbocycles. The number of nitrogens with zero attached hydrogens (tertiary/aromatic N) is 3. The fourth-order valence-electron chi connectivity index (χ4n) is 4.29. The molecular formula is C27H25N3O3. The van der Waals surface area contributed by atoms with E-state index in [4.69, 9.17) is 10.00 Å². The Morgan fingerprint density at radius 1 is 1.06 bits per heavy atom. The average Bonchev–Trinajstić information content (AvgIpc) is 2.88. The first kappa shape index (κ1) is 22.1. The molecule has 0 bridgehead atoms. The SMILES string of the molecule is CCN(C(=O)[C@H]1CCN(C(=O)c2ccc(OC)cc2)c2ccccc21)c1ccc(C#N)cc1. The smallest absolute Gasteiger partial charge is 0.258 e. The van der Waals surface area contributed by atoms with Crippen LogP contribution in [-0.2, 0) is 4.79 Å². The molecule has 0 unspecified atom stereocenters. The average molecular weight is 440 g/mol. The van der Waals surface area contributed by atoms with Crippen LogP contribution in [0.2, 0.25) is 0 Å². The van der Waals surface area contributed by atoms with Gasteiger partial charge in [0, 0.05) is 30.0 Å². The summed E-state index contributed by atoms with van der Waals surface area (Å²) in [6.45, 7) is 2.89. The molecule has 3 aromatic rings. The second-order valence-electron chi connectivity index (χ2n) is 7.83. The number of amides is 2. The Kier molecular flexibility index (Phi) is 6.41. The maximum absolute atomic E-state index is 13.6. The summed E-state index contributed by atoms with van der Waals surface area (Å²) >= 11 is 0. The van der Waals surface area contributed by atoms with Gasteiger partial charge in [0.2, 0.25) is 5.91 Å². The number of fused-ring (bicyclic) bond motifs is 1. The van der Waals surface area contributed by atoms with Gasteiger partial charge in [0.25, 0.3) is 5.91 Å². The molecule has 0 saturated heterocycles. The minimum atomic E-state index is -0.350. The molecule has 1 aliphatic rings. The van der Waals surface area contributed by atoms with E-state index in [-0.39, 0.29) is 17.7 Å². The van der Waals surface area contributed by atoms with Crippen molar-refractivity contribution in [3.8, 4) is 11.8 Å². The molecule has 0 radical (unpaired) electrons. The summed E-state index contributed by atoms with van der Waals surface area (Å²) < 4.78 is 5.19. The molecule has 0 fully saturated rings. The number of likely N-dealkylation sites (N-methyl/N-ethyl adjacent to an activating group) is 1. The van der Waals surface area contributed by atoms with Gasteiger partial charge in [-0.25, -0.2) is 0 Å². The summed E-state index contributed by atoms with van der Waals surface area (Å²) in [5, 5.41) is 9.06. The second kappa shape index (κ2) is 9.58. The molecule has 0 spiro atoms. The minimum absolute atomic E-state index is 0.00814. The Hall–Kier alpha value is -4.11. The van der Waals surface area contributed by atoms with Crippen LogP contribution >= 0.6 is 0 Å². The molecule has 1 aliphatic heterocycles. The molecule has 1 atom stereocenters. The van der Waals surface area contributed by atoms with Crippen molar-refractivity contribution in [3.05, 3.63) is 89.5 Å². The van der Waals surface area contributed by atoms with Crippen LogP contribution < -0.4 is 14.5 Å². The lowest BCUT2D eigenvalue weighted by atomic mass is 9.88. The van der Waals surface area contributed by atoms with Crippen molar-refractivity contribution in [1.82, 2.24) is 0 Å². The Labute approximate surface area is 193 Å². The number of benzene rings is 3. The molecular weight excluding hydrogens is 414 g/mol. The number of para-hydroxylation sites is 1. The van der Waals surface area contributed by atoms with Crippen LogP contribution in [-0.4, -0.2) is 32.0 Å². The summed E-state index contributed by atoms with van der Waals surface area (Å²) in [7, 11) is 1.59. The first-order valence-corrected chi connectivity index (χ1v) is 10.9. The summed E-state index contributed by atoms with van der Waals surface area (Å²) in [5.74, 6) is 0.233. The van der Waals surface area contributed by atoms with E-state index in [1.807, 2.05) is 31.2 Å². The first-order valence-electron chi connectivity index (χ1n) is 10.9. The van der Waals surface area contributed by atoms with E-state index in [0.717, 1.165) is 16.9 Å². The zero-order chi connectivity index (χ0) is 23.4. The van der Waals surface area contributed by atoms with Gasteiger partial charge in [0.1, 0.15) is 5.75 Å². The van der Waals surface area contributed by atoms with Crippen LogP contribution in [0.1, 0.15) is 40.7 Å². The molecule has 166 valence electrons. The predicted molar refractivity (Wildman–Crippen MR) is 128 cm³/mol. The Morgan fingerprint density at radius 2 is 1.76 bits per heavy atom. The lowest BCUT2D eigenvalue weighted by Gasteiger charge is -2.36. The number of hydrogen-bond donors (Lipinski definition) is 0. The van der Waals surface area contributed by atoms with Crippen LogP contribution in [0.15, 0.2) is 72.8 Å². The monoisotopic (exact) mass is 439 g/mol. The topological polar surface area (TPSA) is 73.6 Å². The van der Waals surface area contributed by atoms with E-state index in [0.29, 0.717) is 36.4 Å². The number of hydrogen-bond acceptors (Lipinski definition) is 4. The van der Waals surface area contributed by atoms with Gasteiger partial charge in [-0.1, -0.05) is 18.2 Å². The molecule has 4 rings (SSSR count). The predicted octanol–water partition coefficient (Wildman–Crippen LogP) is 4.75. The van der Waals surface area contributed by atoms with Gasteiger partial charge in [-0.15, -0.1) is 0 Å². The zero-order valence-electron chi connectivity index (χ0n) is 18.7. The lowest BCUT2D eigenvalue weighted by Crippen LogP contribution is -2.42. The van der Waals surface area contributed by atoms with Gasteiger partial charge in [0.05, 0.1) is 24.7 Å². The van der Waals surface area contributed by atoms with Crippen molar-refractivity contribution >= 4 is 23.2 Å². The van der Waals surface area contributed by atoms with E-state index < -0.39 is 0 Å². The molecule has 1 heterocycles. The molecule has 6 nitrogen and oxygen atoms in total. The van der Waals surface area contributed by atoms with Crippen LogP contribution in [0.4, 0.5) is 11.4 Å². The van der Waals surface area contributed by atoms with Crippen molar-refractivity contribution in [2.75, 3.05) is 30.0 Å². The standard InChI is InChI=1S/C27H25N3O3/c1-3-29(21-12-8-19(18-28)9-13-21)27(32)24-16-17-30(25-7-5-4-6-23(24)25)26(31)20-10-14-22(33-2)15-11-20/h4-15,24H,3,16-17H2,1-2H3/t24-/m0/s1. The number of methoxy groups -OCH3 is 1. The highest BCUT2D eigenvalue weighted by molar-refractivity contribution is 6.08. The zero-order valence-corrected chi connectivity index (χ0v) is 18.7. The molecule has 0 N–H and O–H groups in total. The van der Waals surface area contributed by atoms with Crippen LogP contribution in [0, 0.1) is 11.3 Å². The maximum Gasteiger partial charge on any atom is 0.258 e. The van der Waals surface area contributed by atoms with Gasteiger partial charge < -0.3 is 14.5 Å². The third-order valence-electron chi connectivity index (χ3n) is 6.01. The minimum Gasteiger partial charge on any atom is -0.497 e. The Bertz CT molecular complexity index is 1200. The van der Waals surface area contributed by atoms with E-state index in [9.17, 15) is 9.59 Å². The molecule has 0 aliphatic carbocycles. The third kappa shape index (κ3) is 4.31. The quantitative estimate of drug-likeness (QED) is 0.575. The van der Waals surface area contributed by atoms with Crippen molar-refractivity contribution in [2.45, 2.75) is 19.3 Å². The van der Waals surface area contributed by atoms with E-state index in [2.05, 4.69) is 6.07 Å². The normalized spacial score (nSPS) is 14.7. The second-order valence-corrected chi connectivity index (χ2v) is 7.83. The third-order valence-corrected chi connectivity index (χ3v) is 6.01. The summed E-state index contributed by atoms with van der Waals surface area (Å²) in [6, 6.07) is 23.8. The largest absolute Gasteiger partial charge is 0.497 e. The Balaban J connectivity index is 1.63. The molecule has 2 amide bonds. The van der Waals surface area contributed by atoms with Crippen LogP contribution in [0.5, 0.6) is 5.75 Å². The molecule has 33 heavy (non-hydrogen) atoms. The van der Waals surface area contributed by atoms with Crippen molar-refractivity contribution in [3.63, 3.8) is 0 Å². The maximum atomic E-state index is 13.6. The van der Waals surface area contributed by atoms with Gasteiger partial charge in [-0.3, -0.25) is 9.59 Å². The van der Waals surface area contributed by atoms with Gasteiger partial charge in [0.15, 0.2) is 0 Å². The number of anilines is 2. The van der Waals surface area contributed by atoms with Gasteiger partial charge in [-0.2, -0.15) is 5.26 Å². The first-order chi connectivity index (χ1) is 16.1. The highest BCUT2D eigenvalue weighted by atomic mass is 16.5. The van der Waals surface area contributed by atoms with E-state index >= 15 is 0 Å². The highest BCUT2D eigenvalue weighted by Crippen LogP contribution is 2.38. The summed E-state index contributed by atoms with van der Waals surface area (Å²) in [5.41, 5.74) is 3.50. The summed E-state index contributed by atoms with van der Waals surface area (Å²) in [6.07, 6.45) is 0.532. The highest BCUT2D eigenvalue weighted by Gasteiger charge is 2.35. The fraction of sp³-hybridized carbons (Fsp3) is 0.222. The number of ether oxygens (including phenoxy) is 1. The number of nitriles is 1. The van der Waals surface area contributed by atoms with Crippen LogP contribution in [0.3, 0.4) is 0 Å². The fourth-order valence-corrected chi connectivity index (χ4v) is 4.29. The van der Waals surface area contributed by atoms with Crippen molar-refractivity contribution < 1.29 is 14.3 Å². The number of carbonyl (C=O) groups excluding carboxylic acids is 2. The van der Waals surface area contributed by atoms with Crippen LogP contribution in [0.25, 0.3) is 0 Å². The van der Waals surface area contributed by atoms with Crippen molar-refractivity contribution in [1.29, 1.82) is 5.26 Å². The van der Waals surface area contributed by atoms with E-state index in [1.165, 1.54) is 0 Å². The lowest BCUT2D eigenvalue weighted by molar-refractivity contribution is -0.120. The van der Waals surface area contributed by atoms with Gasteiger partial charge >= 0.3 is 0 Å². The molecule has 0 aromatic heterocycles. The number of rotatable bonds is 5.